The second-order valence-corrected chi connectivity index (χ2v) is 7.66. The van der Waals surface area contributed by atoms with Crippen LogP contribution in [0, 0.1) is 0 Å². The third-order valence-electron chi connectivity index (χ3n) is 4.93. The van der Waals surface area contributed by atoms with Crippen LogP contribution in [0.4, 0.5) is 0 Å². The molecule has 136 valence electrons. The van der Waals surface area contributed by atoms with Crippen molar-refractivity contribution in [1.82, 2.24) is 4.90 Å². The molecule has 1 saturated heterocycles. The number of nitrogens with zero attached hydrogens (tertiary/aromatic N) is 1. The predicted octanol–water partition coefficient (Wildman–Crippen LogP) is 1.52. The van der Waals surface area contributed by atoms with Gasteiger partial charge in [0.15, 0.2) is 11.5 Å². The fourth-order valence-corrected chi connectivity index (χ4v) is 3.72. The van der Waals surface area contributed by atoms with Crippen molar-refractivity contribution in [3.8, 4) is 11.5 Å². The third-order valence-corrected chi connectivity index (χ3v) is 5.46. The first-order valence-electron chi connectivity index (χ1n) is 8.94. The number of halogens is 1. The minimum absolute atomic E-state index is 0.0298. The summed E-state index contributed by atoms with van der Waals surface area (Å²) in [7, 11) is 0. The first kappa shape index (κ1) is 17.4. The summed E-state index contributed by atoms with van der Waals surface area (Å²) in [5.74, 6) is 1.39. The predicted molar refractivity (Wildman–Crippen MR) is 101 cm³/mol. The fraction of sp³-hybridized carbons (Fsp3) is 0.350. The summed E-state index contributed by atoms with van der Waals surface area (Å²) in [5, 5.41) is 0. The van der Waals surface area contributed by atoms with Crippen molar-refractivity contribution in [2.75, 3.05) is 32.8 Å². The number of piperazine rings is 1. The average Bonchev–Trinajstić information content (AvgIpc) is 2.69. The van der Waals surface area contributed by atoms with E-state index in [4.69, 9.17) is 9.47 Å². The number of benzene rings is 2. The van der Waals surface area contributed by atoms with Gasteiger partial charge in [0.1, 0.15) is 13.2 Å². The minimum atomic E-state index is -0.544. The molecule has 0 aromatic heterocycles. The normalized spacial score (nSPS) is 20.0. The zero-order valence-corrected chi connectivity index (χ0v) is 16.1. The Morgan fingerprint density at radius 1 is 1.08 bits per heavy atom. The Bertz CT molecular complexity index is 773. The van der Waals surface area contributed by atoms with Crippen LogP contribution in [-0.2, 0) is 11.3 Å². The fourth-order valence-electron chi connectivity index (χ4n) is 3.46. The van der Waals surface area contributed by atoms with Gasteiger partial charge in [0, 0.05) is 10.0 Å². The molecule has 0 spiro atoms. The van der Waals surface area contributed by atoms with Gasteiger partial charge in [-0.3, -0.25) is 4.79 Å². The first-order chi connectivity index (χ1) is 12.7. The van der Waals surface area contributed by atoms with Crippen LogP contribution >= 0.6 is 15.9 Å². The molecule has 0 radical (unpaired) electrons. The number of para-hydroxylation sites is 2. The number of carbonyl (C=O) groups excluding carboxylic acids is 1. The van der Waals surface area contributed by atoms with E-state index in [-0.39, 0.29) is 12.5 Å². The Morgan fingerprint density at radius 2 is 1.77 bits per heavy atom. The second kappa shape index (κ2) is 7.68. The van der Waals surface area contributed by atoms with Crippen LogP contribution in [0.3, 0.4) is 0 Å². The minimum Gasteiger partial charge on any atom is -0.485 e. The second-order valence-electron chi connectivity index (χ2n) is 6.74. The van der Waals surface area contributed by atoms with Crippen LogP contribution in [0.25, 0.3) is 0 Å². The molecule has 1 atom stereocenters. The number of hydrogen-bond donors (Lipinski definition) is 1. The summed E-state index contributed by atoms with van der Waals surface area (Å²) in [6, 6.07) is 15.9. The van der Waals surface area contributed by atoms with Crippen LogP contribution in [0.2, 0.25) is 0 Å². The Hall–Kier alpha value is -2.05. The molecular weight excluding hydrogens is 396 g/mol. The summed E-state index contributed by atoms with van der Waals surface area (Å²) in [6.07, 6.45) is -0.544. The Morgan fingerprint density at radius 3 is 2.50 bits per heavy atom. The Balaban J connectivity index is 1.30. The maximum atomic E-state index is 12.8. The summed E-state index contributed by atoms with van der Waals surface area (Å²) in [6.45, 7) is 4.68. The largest absolute Gasteiger partial charge is 0.485 e. The van der Waals surface area contributed by atoms with Crippen molar-refractivity contribution >= 4 is 21.8 Å². The summed E-state index contributed by atoms with van der Waals surface area (Å²) in [4.78, 5) is 16.2. The van der Waals surface area contributed by atoms with Gasteiger partial charge in [-0.15, -0.1) is 0 Å². The molecule has 2 aromatic rings. The highest BCUT2D eigenvalue weighted by Gasteiger charge is 2.33. The van der Waals surface area contributed by atoms with Gasteiger partial charge in [-0.1, -0.05) is 40.2 Å². The lowest BCUT2D eigenvalue weighted by atomic mass is 10.2. The zero-order chi connectivity index (χ0) is 17.9. The van der Waals surface area contributed by atoms with Crippen LogP contribution in [-0.4, -0.2) is 49.7 Å². The maximum absolute atomic E-state index is 12.8. The molecule has 4 rings (SSSR count). The van der Waals surface area contributed by atoms with Gasteiger partial charge in [-0.2, -0.15) is 0 Å². The van der Waals surface area contributed by atoms with Crippen molar-refractivity contribution in [1.29, 1.82) is 0 Å². The smallest absolute Gasteiger partial charge is 0.267 e. The molecule has 2 aliphatic heterocycles. The number of quaternary nitrogens is 1. The van der Waals surface area contributed by atoms with Crippen molar-refractivity contribution in [3.63, 3.8) is 0 Å². The molecule has 2 heterocycles. The van der Waals surface area contributed by atoms with Gasteiger partial charge >= 0.3 is 0 Å². The van der Waals surface area contributed by atoms with E-state index in [0.717, 1.165) is 37.2 Å². The van der Waals surface area contributed by atoms with Crippen LogP contribution < -0.4 is 14.4 Å². The molecule has 1 N–H and O–H groups in total. The molecule has 6 heteroatoms. The number of fused-ring (bicyclic) bond motifs is 1. The Kier molecular flexibility index (Phi) is 5.13. The van der Waals surface area contributed by atoms with Crippen molar-refractivity contribution in [2.24, 2.45) is 0 Å². The third kappa shape index (κ3) is 3.86. The lowest BCUT2D eigenvalue weighted by molar-refractivity contribution is -0.917. The zero-order valence-electron chi connectivity index (χ0n) is 14.5. The summed E-state index contributed by atoms with van der Waals surface area (Å²) < 4.78 is 12.6. The van der Waals surface area contributed by atoms with E-state index < -0.39 is 6.10 Å². The van der Waals surface area contributed by atoms with Gasteiger partial charge in [-0.25, -0.2) is 0 Å². The van der Waals surface area contributed by atoms with Gasteiger partial charge in [0.2, 0.25) is 6.10 Å². The van der Waals surface area contributed by atoms with Crippen molar-refractivity contribution in [2.45, 2.75) is 12.6 Å². The highest BCUT2D eigenvalue weighted by molar-refractivity contribution is 9.10. The van der Waals surface area contributed by atoms with Crippen molar-refractivity contribution in [3.05, 3.63) is 58.6 Å². The number of carbonyl (C=O) groups is 1. The molecule has 0 bridgehead atoms. The number of rotatable bonds is 3. The van der Waals surface area contributed by atoms with Crippen molar-refractivity contribution < 1.29 is 19.2 Å². The number of hydrogen-bond acceptors (Lipinski definition) is 3. The SMILES string of the molecule is O=C([C@H]1COc2ccccc2O1)N1CC[NH+](Cc2ccc(Br)cc2)CC1. The van der Waals surface area contributed by atoms with E-state index in [1.54, 1.807) is 0 Å². The molecule has 0 aliphatic carbocycles. The van der Waals surface area contributed by atoms with E-state index in [2.05, 4.69) is 40.2 Å². The van der Waals surface area contributed by atoms with Gasteiger partial charge in [0.25, 0.3) is 5.91 Å². The lowest BCUT2D eigenvalue weighted by Crippen LogP contribution is -3.13. The van der Waals surface area contributed by atoms with Crippen LogP contribution in [0.15, 0.2) is 53.0 Å². The first-order valence-corrected chi connectivity index (χ1v) is 9.73. The molecule has 2 aromatic carbocycles. The average molecular weight is 418 g/mol. The number of nitrogens with one attached hydrogen (secondary N) is 1. The number of ether oxygens (including phenoxy) is 2. The van der Waals surface area contributed by atoms with E-state index in [1.165, 1.54) is 10.5 Å². The quantitative estimate of drug-likeness (QED) is 0.822. The van der Waals surface area contributed by atoms with E-state index in [1.807, 2.05) is 29.2 Å². The lowest BCUT2D eigenvalue weighted by Gasteiger charge is -2.35. The highest BCUT2D eigenvalue weighted by atomic mass is 79.9. The highest BCUT2D eigenvalue weighted by Crippen LogP contribution is 2.31. The van der Waals surface area contributed by atoms with Gasteiger partial charge < -0.3 is 19.3 Å². The van der Waals surface area contributed by atoms with E-state index in [9.17, 15) is 4.79 Å². The molecule has 26 heavy (non-hydrogen) atoms. The summed E-state index contributed by atoms with van der Waals surface area (Å²) >= 11 is 3.47. The molecule has 5 nitrogen and oxygen atoms in total. The number of amides is 1. The van der Waals surface area contributed by atoms with E-state index in [0.29, 0.717) is 11.5 Å². The molecule has 1 amide bonds. The topological polar surface area (TPSA) is 43.2 Å². The molecule has 0 saturated carbocycles. The maximum Gasteiger partial charge on any atom is 0.267 e. The standard InChI is InChI=1S/C20H21BrN2O3/c21-16-7-5-15(6-8-16)13-22-9-11-23(12-10-22)20(24)19-14-25-17-3-1-2-4-18(17)26-19/h1-8,19H,9-14H2/p+1/t19-/m1/s1. The molecule has 2 aliphatic rings. The molecule has 0 unspecified atom stereocenters. The van der Waals surface area contributed by atoms with Gasteiger partial charge in [-0.05, 0) is 24.3 Å². The summed E-state index contributed by atoms with van der Waals surface area (Å²) in [5.41, 5.74) is 1.32. The monoisotopic (exact) mass is 417 g/mol. The van der Waals surface area contributed by atoms with Gasteiger partial charge in [0.05, 0.1) is 26.2 Å². The van der Waals surface area contributed by atoms with Crippen LogP contribution in [0.5, 0.6) is 11.5 Å². The molecular formula is C20H22BrN2O3+. The molecule has 1 fully saturated rings. The Labute approximate surface area is 161 Å². The van der Waals surface area contributed by atoms with Crippen LogP contribution in [0.1, 0.15) is 5.56 Å². The van der Waals surface area contributed by atoms with E-state index >= 15 is 0 Å².